The molecule has 5 nitrogen and oxygen atoms in total. The maximum atomic E-state index is 12.4. The first-order chi connectivity index (χ1) is 12.5. The second-order valence-electron chi connectivity index (χ2n) is 5.72. The lowest BCUT2D eigenvalue weighted by Crippen LogP contribution is -2.10. The third kappa shape index (κ3) is 4.66. The Kier molecular flexibility index (Phi) is 6.01. The molecule has 0 amide bonds. The van der Waals surface area contributed by atoms with Crippen molar-refractivity contribution in [3.63, 3.8) is 0 Å². The van der Waals surface area contributed by atoms with Crippen molar-refractivity contribution in [2.24, 2.45) is 0 Å². The molecule has 1 aromatic heterocycles. The number of aromatic nitrogens is 3. The fourth-order valence-electron chi connectivity index (χ4n) is 2.42. The monoisotopic (exact) mass is 407 g/mol. The molecule has 0 aliphatic carbocycles. The first-order valence-corrected chi connectivity index (χ1v) is 11.0. The van der Waals surface area contributed by atoms with Crippen LogP contribution in [0, 0.1) is 6.92 Å². The molecule has 136 valence electrons. The number of aryl methyl sites for hydroxylation is 1. The van der Waals surface area contributed by atoms with Gasteiger partial charge >= 0.3 is 0 Å². The van der Waals surface area contributed by atoms with Crippen LogP contribution in [0.2, 0.25) is 5.02 Å². The summed E-state index contributed by atoms with van der Waals surface area (Å²) in [4.78, 5) is 0.282. The molecular formula is C18H18ClN3O2S2. The predicted molar refractivity (Wildman–Crippen MR) is 105 cm³/mol. The van der Waals surface area contributed by atoms with Crippen LogP contribution in [0.5, 0.6) is 0 Å². The molecule has 0 N–H and O–H groups in total. The molecule has 0 atom stereocenters. The molecule has 8 heteroatoms. The van der Waals surface area contributed by atoms with Crippen molar-refractivity contribution in [3.8, 4) is 0 Å². The molecule has 0 radical (unpaired) electrons. The van der Waals surface area contributed by atoms with Crippen LogP contribution < -0.4 is 0 Å². The summed E-state index contributed by atoms with van der Waals surface area (Å²) in [6.45, 7) is 2.55. The second kappa shape index (κ2) is 8.24. The van der Waals surface area contributed by atoms with E-state index < -0.39 is 9.84 Å². The van der Waals surface area contributed by atoms with Crippen molar-refractivity contribution < 1.29 is 8.42 Å². The van der Waals surface area contributed by atoms with Gasteiger partial charge in [-0.05, 0) is 36.8 Å². The van der Waals surface area contributed by atoms with E-state index in [4.69, 9.17) is 11.6 Å². The Morgan fingerprint density at radius 3 is 2.42 bits per heavy atom. The zero-order valence-electron chi connectivity index (χ0n) is 14.2. The summed E-state index contributed by atoms with van der Waals surface area (Å²) in [6, 6.07) is 16.3. The van der Waals surface area contributed by atoms with Crippen LogP contribution in [-0.4, -0.2) is 34.7 Å². The number of nitrogens with zero attached hydrogens (tertiary/aromatic N) is 3. The van der Waals surface area contributed by atoms with Crippen LogP contribution in [0.3, 0.4) is 0 Å². The van der Waals surface area contributed by atoms with Crippen LogP contribution in [0.4, 0.5) is 0 Å². The SMILES string of the molecule is Cc1nnc(SCCS(=O)(=O)c2ccc(Cl)cc2)n1Cc1ccccc1. The summed E-state index contributed by atoms with van der Waals surface area (Å²) < 4.78 is 26.8. The maximum Gasteiger partial charge on any atom is 0.191 e. The molecule has 1 heterocycles. The summed E-state index contributed by atoms with van der Waals surface area (Å²) >= 11 is 7.21. The topological polar surface area (TPSA) is 64.8 Å². The predicted octanol–water partition coefficient (Wildman–Crippen LogP) is 3.85. The highest BCUT2D eigenvalue weighted by Crippen LogP contribution is 2.21. The normalized spacial score (nSPS) is 11.6. The smallest absolute Gasteiger partial charge is 0.191 e. The summed E-state index contributed by atoms with van der Waals surface area (Å²) in [7, 11) is -3.35. The van der Waals surface area contributed by atoms with E-state index in [-0.39, 0.29) is 10.6 Å². The highest BCUT2D eigenvalue weighted by Gasteiger charge is 2.16. The number of hydrogen-bond donors (Lipinski definition) is 0. The van der Waals surface area contributed by atoms with E-state index in [0.29, 0.717) is 17.3 Å². The summed E-state index contributed by atoms with van der Waals surface area (Å²) in [6.07, 6.45) is 0. The Hall–Kier alpha value is -1.83. The van der Waals surface area contributed by atoms with Gasteiger partial charge in [-0.3, -0.25) is 0 Å². The Labute approximate surface area is 162 Å². The van der Waals surface area contributed by atoms with Crippen LogP contribution in [0.25, 0.3) is 0 Å². The largest absolute Gasteiger partial charge is 0.302 e. The summed E-state index contributed by atoms with van der Waals surface area (Å²) in [5.74, 6) is 1.23. The molecule has 0 bridgehead atoms. The van der Waals surface area contributed by atoms with Gasteiger partial charge < -0.3 is 4.57 Å². The van der Waals surface area contributed by atoms with Gasteiger partial charge in [0.05, 0.1) is 17.2 Å². The Bertz CT molecular complexity index is 971. The van der Waals surface area contributed by atoms with Crippen molar-refractivity contribution in [2.45, 2.75) is 23.5 Å². The second-order valence-corrected chi connectivity index (χ2v) is 9.33. The standard InChI is InChI=1S/C18H18ClN3O2S2/c1-14-20-21-18(22(14)13-15-5-3-2-4-6-15)25-11-12-26(23,24)17-9-7-16(19)8-10-17/h2-10H,11-13H2,1H3. The molecule has 0 aliphatic heterocycles. The Morgan fingerprint density at radius 2 is 1.73 bits per heavy atom. The van der Waals surface area contributed by atoms with Gasteiger partial charge in [-0.2, -0.15) is 0 Å². The lowest BCUT2D eigenvalue weighted by Gasteiger charge is -2.09. The van der Waals surface area contributed by atoms with Crippen molar-refractivity contribution in [1.29, 1.82) is 0 Å². The van der Waals surface area contributed by atoms with Crippen molar-refractivity contribution in [1.82, 2.24) is 14.8 Å². The first-order valence-electron chi connectivity index (χ1n) is 8.00. The van der Waals surface area contributed by atoms with E-state index in [1.165, 1.54) is 23.9 Å². The molecule has 0 saturated carbocycles. The van der Waals surface area contributed by atoms with Gasteiger partial charge in [0.25, 0.3) is 0 Å². The average Bonchev–Trinajstić information content (AvgIpc) is 2.96. The van der Waals surface area contributed by atoms with Crippen LogP contribution in [0.15, 0.2) is 64.6 Å². The molecule has 0 saturated heterocycles. The van der Waals surface area contributed by atoms with Crippen LogP contribution in [0.1, 0.15) is 11.4 Å². The lowest BCUT2D eigenvalue weighted by atomic mass is 10.2. The minimum Gasteiger partial charge on any atom is -0.302 e. The number of sulfone groups is 1. The third-order valence-corrected chi connectivity index (χ3v) is 7.05. The highest BCUT2D eigenvalue weighted by atomic mass is 35.5. The number of halogens is 1. The molecule has 0 unspecified atom stereocenters. The molecule has 0 aliphatic rings. The van der Waals surface area contributed by atoms with Crippen LogP contribution in [-0.2, 0) is 16.4 Å². The highest BCUT2D eigenvalue weighted by molar-refractivity contribution is 8.00. The average molecular weight is 408 g/mol. The van der Waals surface area contributed by atoms with Gasteiger partial charge in [-0.25, -0.2) is 8.42 Å². The summed E-state index contributed by atoms with van der Waals surface area (Å²) in [5.41, 5.74) is 1.14. The van der Waals surface area contributed by atoms with Crippen molar-refractivity contribution in [3.05, 3.63) is 71.0 Å². The van der Waals surface area contributed by atoms with E-state index in [9.17, 15) is 8.42 Å². The third-order valence-electron chi connectivity index (χ3n) is 3.84. The number of benzene rings is 2. The minimum absolute atomic E-state index is 0.0243. The van der Waals surface area contributed by atoms with E-state index in [1.54, 1.807) is 12.1 Å². The quantitative estimate of drug-likeness (QED) is 0.556. The van der Waals surface area contributed by atoms with E-state index in [2.05, 4.69) is 10.2 Å². The van der Waals surface area contributed by atoms with E-state index in [0.717, 1.165) is 16.5 Å². The maximum absolute atomic E-state index is 12.4. The fourth-order valence-corrected chi connectivity index (χ4v) is 5.18. The molecule has 3 aromatic rings. The Morgan fingerprint density at radius 1 is 1.04 bits per heavy atom. The fraction of sp³-hybridized carbons (Fsp3) is 0.222. The van der Waals surface area contributed by atoms with Gasteiger partial charge in [0.15, 0.2) is 15.0 Å². The first kappa shape index (κ1) is 18.9. The lowest BCUT2D eigenvalue weighted by molar-refractivity contribution is 0.597. The number of rotatable bonds is 7. The number of hydrogen-bond acceptors (Lipinski definition) is 5. The molecule has 3 rings (SSSR count). The van der Waals surface area contributed by atoms with E-state index >= 15 is 0 Å². The summed E-state index contributed by atoms with van der Waals surface area (Å²) in [5, 5.41) is 9.54. The van der Waals surface area contributed by atoms with Crippen molar-refractivity contribution in [2.75, 3.05) is 11.5 Å². The van der Waals surface area contributed by atoms with E-state index in [1.807, 2.05) is 41.8 Å². The van der Waals surface area contributed by atoms with Crippen LogP contribution >= 0.6 is 23.4 Å². The van der Waals surface area contributed by atoms with Gasteiger partial charge in [0, 0.05) is 10.8 Å². The molecule has 0 fully saturated rings. The van der Waals surface area contributed by atoms with Gasteiger partial charge in [0.1, 0.15) is 5.82 Å². The Balaban J connectivity index is 1.66. The van der Waals surface area contributed by atoms with Gasteiger partial charge in [-0.15, -0.1) is 10.2 Å². The molecule has 0 spiro atoms. The van der Waals surface area contributed by atoms with Gasteiger partial charge in [-0.1, -0.05) is 53.7 Å². The zero-order chi connectivity index (χ0) is 18.6. The van der Waals surface area contributed by atoms with Gasteiger partial charge in [0.2, 0.25) is 0 Å². The molecular weight excluding hydrogens is 390 g/mol. The zero-order valence-corrected chi connectivity index (χ0v) is 16.6. The molecule has 26 heavy (non-hydrogen) atoms. The molecule has 2 aromatic carbocycles. The minimum atomic E-state index is -3.35. The number of thioether (sulfide) groups is 1. The van der Waals surface area contributed by atoms with Crippen molar-refractivity contribution >= 4 is 33.2 Å².